The molecule has 3 aliphatic rings. The summed E-state index contributed by atoms with van der Waals surface area (Å²) in [6, 6.07) is 8.44. The van der Waals surface area contributed by atoms with E-state index < -0.39 is 0 Å². The van der Waals surface area contributed by atoms with Crippen molar-refractivity contribution in [2.24, 2.45) is 0 Å². The average molecular weight is 371 g/mol. The molecule has 1 aromatic carbocycles. The molecule has 6 nitrogen and oxygen atoms in total. The van der Waals surface area contributed by atoms with Gasteiger partial charge in [-0.25, -0.2) is 4.79 Å². The van der Waals surface area contributed by atoms with Gasteiger partial charge in [0.2, 0.25) is 5.91 Å². The molecule has 1 N–H and O–H groups in total. The van der Waals surface area contributed by atoms with Crippen LogP contribution in [0.4, 0.5) is 4.79 Å². The highest BCUT2D eigenvalue weighted by Gasteiger charge is 2.49. The predicted octanol–water partition coefficient (Wildman–Crippen LogP) is 2.10. The number of amides is 3. The van der Waals surface area contributed by atoms with E-state index in [0.717, 1.165) is 64.1 Å². The number of nitrogens with zero attached hydrogens (tertiary/aromatic N) is 2. The summed E-state index contributed by atoms with van der Waals surface area (Å²) in [6.45, 7) is 5.67. The zero-order valence-corrected chi connectivity index (χ0v) is 16.1. The number of aryl methyl sites for hydroxylation is 1. The topological polar surface area (TPSA) is 61.9 Å². The number of carbonyl (C=O) groups excluding carboxylic acids is 2. The molecular weight excluding hydrogens is 342 g/mol. The second-order valence-corrected chi connectivity index (χ2v) is 8.14. The summed E-state index contributed by atoms with van der Waals surface area (Å²) in [4.78, 5) is 29.2. The quantitative estimate of drug-likeness (QED) is 0.885. The minimum Gasteiger partial charge on any atom is -0.381 e. The Kier molecular flexibility index (Phi) is 5.08. The van der Waals surface area contributed by atoms with Gasteiger partial charge in [-0.1, -0.05) is 29.8 Å². The highest BCUT2D eigenvalue weighted by molar-refractivity contribution is 5.80. The molecule has 1 aromatic rings. The van der Waals surface area contributed by atoms with Gasteiger partial charge in [-0.05, 0) is 38.2 Å². The third kappa shape index (κ3) is 3.68. The van der Waals surface area contributed by atoms with Crippen LogP contribution < -0.4 is 5.32 Å². The Bertz CT molecular complexity index is 689. The van der Waals surface area contributed by atoms with Crippen LogP contribution in [0.2, 0.25) is 0 Å². The maximum atomic E-state index is 12.7. The number of hydrogen-bond acceptors (Lipinski definition) is 3. The first-order valence-corrected chi connectivity index (χ1v) is 10.1. The van der Waals surface area contributed by atoms with E-state index >= 15 is 0 Å². The van der Waals surface area contributed by atoms with E-state index in [2.05, 4.69) is 17.1 Å². The van der Waals surface area contributed by atoms with Crippen LogP contribution in [0, 0.1) is 6.92 Å². The third-order valence-corrected chi connectivity index (χ3v) is 6.38. The van der Waals surface area contributed by atoms with Gasteiger partial charge in [0.25, 0.3) is 0 Å². The lowest BCUT2D eigenvalue weighted by atomic mass is 9.86. The van der Waals surface area contributed by atoms with Crippen LogP contribution >= 0.6 is 0 Å². The summed E-state index contributed by atoms with van der Waals surface area (Å²) in [5.74, 6) is 0.184. The molecular formula is C21H29N3O3. The SMILES string of the molecule is Cc1ccc(CC(=O)N2CCC(N3C(=O)NCC34CCOCC4)CC2)cc1. The number of rotatable bonds is 3. The molecule has 3 saturated heterocycles. The van der Waals surface area contributed by atoms with Crippen molar-refractivity contribution in [3.63, 3.8) is 0 Å². The lowest BCUT2D eigenvalue weighted by Gasteiger charge is -2.46. The van der Waals surface area contributed by atoms with E-state index in [1.165, 1.54) is 5.56 Å². The lowest BCUT2D eigenvalue weighted by Crippen LogP contribution is -2.57. The first-order valence-electron chi connectivity index (χ1n) is 10.1. The second kappa shape index (κ2) is 7.50. The van der Waals surface area contributed by atoms with Crippen molar-refractivity contribution in [1.29, 1.82) is 0 Å². The molecule has 0 aliphatic carbocycles. The van der Waals surface area contributed by atoms with Gasteiger partial charge in [0, 0.05) is 38.9 Å². The average Bonchev–Trinajstić information content (AvgIpc) is 3.00. The Labute approximate surface area is 160 Å². The van der Waals surface area contributed by atoms with Gasteiger partial charge >= 0.3 is 6.03 Å². The molecule has 0 radical (unpaired) electrons. The zero-order chi connectivity index (χ0) is 18.9. The second-order valence-electron chi connectivity index (χ2n) is 8.14. The van der Waals surface area contributed by atoms with Crippen molar-refractivity contribution in [3.8, 4) is 0 Å². The number of ether oxygens (including phenoxy) is 1. The fraction of sp³-hybridized carbons (Fsp3) is 0.619. The molecule has 0 saturated carbocycles. The van der Waals surface area contributed by atoms with E-state index in [1.54, 1.807) is 0 Å². The molecule has 27 heavy (non-hydrogen) atoms. The first kappa shape index (κ1) is 18.3. The molecule has 146 valence electrons. The molecule has 1 spiro atoms. The Hall–Kier alpha value is -2.08. The lowest BCUT2D eigenvalue weighted by molar-refractivity contribution is -0.132. The normalized spacial score (nSPS) is 22.9. The Balaban J connectivity index is 1.36. The summed E-state index contributed by atoms with van der Waals surface area (Å²) in [6.07, 6.45) is 3.97. The maximum absolute atomic E-state index is 12.7. The smallest absolute Gasteiger partial charge is 0.318 e. The summed E-state index contributed by atoms with van der Waals surface area (Å²) < 4.78 is 5.52. The summed E-state index contributed by atoms with van der Waals surface area (Å²) in [5.41, 5.74) is 2.18. The predicted molar refractivity (Wildman–Crippen MR) is 103 cm³/mol. The van der Waals surface area contributed by atoms with Crippen LogP contribution in [-0.4, -0.2) is 66.2 Å². The van der Waals surface area contributed by atoms with Gasteiger partial charge in [0.05, 0.1) is 12.0 Å². The molecule has 3 aliphatic heterocycles. The Morgan fingerprint density at radius 3 is 2.52 bits per heavy atom. The van der Waals surface area contributed by atoms with E-state index in [-0.39, 0.29) is 23.5 Å². The number of benzene rings is 1. The Morgan fingerprint density at radius 1 is 1.19 bits per heavy atom. The van der Waals surface area contributed by atoms with Crippen molar-refractivity contribution in [2.75, 3.05) is 32.8 Å². The van der Waals surface area contributed by atoms with Crippen molar-refractivity contribution < 1.29 is 14.3 Å². The number of likely N-dealkylation sites (tertiary alicyclic amines) is 1. The molecule has 0 bridgehead atoms. The van der Waals surface area contributed by atoms with Crippen LogP contribution in [0.25, 0.3) is 0 Å². The van der Waals surface area contributed by atoms with E-state index in [4.69, 9.17) is 4.74 Å². The number of piperidine rings is 1. The number of urea groups is 1. The van der Waals surface area contributed by atoms with Crippen LogP contribution in [0.3, 0.4) is 0 Å². The summed E-state index contributed by atoms with van der Waals surface area (Å²) in [5, 5.41) is 3.05. The molecule has 3 heterocycles. The number of carbonyl (C=O) groups is 2. The van der Waals surface area contributed by atoms with Crippen LogP contribution in [0.5, 0.6) is 0 Å². The van der Waals surface area contributed by atoms with Gasteiger partial charge in [-0.2, -0.15) is 0 Å². The highest BCUT2D eigenvalue weighted by atomic mass is 16.5. The molecule has 0 aromatic heterocycles. The molecule has 3 amide bonds. The van der Waals surface area contributed by atoms with E-state index in [0.29, 0.717) is 6.42 Å². The number of nitrogens with one attached hydrogen (secondary N) is 1. The van der Waals surface area contributed by atoms with Crippen LogP contribution in [0.15, 0.2) is 24.3 Å². The number of hydrogen-bond donors (Lipinski definition) is 1. The van der Waals surface area contributed by atoms with Gasteiger partial charge in [-0.15, -0.1) is 0 Å². The minimum atomic E-state index is -0.0892. The van der Waals surface area contributed by atoms with Crippen LogP contribution in [0.1, 0.15) is 36.8 Å². The Morgan fingerprint density at radius 2 is 1.85 bits per heavy atom. The maximum Gasteiger partial charge on any atom is 0.318 e. The molecule has 3 fully saturated rings. The van der Waals surface area contributed by atoms with Gasteiger partial charge in [0.15, 0.2) is 0 Å². The summed E-state index contributed by atoms with van der Waals surface area (Å²) in [7, 11) is 0. The minimum absolute atomic E-state index is 0.0568. The largest absolute Gasteiger partial charge is 0.381 e. The van der Waals surface area contributed by atoms with Gasteiger partial charge < -0.3 is 19.9 Å². The molecule has 0 atom stereocenters. The van der Waals surface area contributed by atoms with E-state index in [9.17, 15) is 9.59 Å². The summed E-state index contributed by atoms with van der Waals surface area (Å²) >= 11 is 0. The van der Waals surface area contributed by atoms with Crippen LogP contribution in [-0.2, 0) is 16.0 Å². The third-order valence-electron chi connectivity index (χ3n) is 6.38. The van der Waals surface area contributed by atoms with Crippen molar-refractivity contribution in [2.45, 2.75) is 50.6 Å². The van der Waals surface area contributed by atoms with Gasteiger partial charge in [-0.3, -0.25) is 4.79 Å². The molecule has 6 heteroatoms. The monoisotopic (exact) mass is 371 g/mol. The van der Waals surface area contributed by atoms with Crippen molar-refractivity contribution in [3.05, 3.63) is 35.4 Å². The van der Waals surface area contributed by atoms with Crippen molar-refractivity contribution in [1.82, 2.24) is 15.1 Å². The van der Waals surface area contributed by atoms with Crippen molar-refractivity contribution >= 4 is 11.9 Å². The highest BCUT2D eigenvalue weighted by Crippen LogP contribution is 2.35. The standard InChI is InChI=1S/C21H29N3O3/c1-16-2-4-17(5-3-16)14-19(25)23-10-6-18(7-11-23)24-20(26)22-15-21(24)8-12-27-13-9-21/h2-5,18H,6-15H2,1H3,(H,22,26). The van der Waals surface area contributed by atoms with E-state index in [1.807, 2.05) is 29.2 Å². The van der Waals surface area contributed by atoms with Gasteiger partial charge in [0.1, 0.15) is 0 Å². The fourth-order valence-electron chi connectivity index (χ4n) is 4.71. The zero-order valence-electron chi connectivity index (χ0n) is 16.1. The molecule has 4 rings (SSSR count). The molecule has 0 unspecified atom stereocenters. The first-order chi connectivity index (χ1) is 13.1. The fourth-order valence-corrected chi connectivity index (χ4v) is 4.71.